The summed E-state index contributed by atoms with van der Waals surface area (Å²) in [6.45, 7) is 2.24. The fourth-order valence-electron chi connectivity index (χ4n) is 2.61. The predicted molar refractivity (Wildman–Crippen MR) is 90.2 cm³/mol. The first-order chi connectivity index (χ1) is 11.7. The molecule has 3 aromatic heterocycles. The number of hydrogen-bond acceptors (Lipinski definition) is 6. The average molecular weight is 318 g/mol. The van der Waals surface area contributed by atoms with Gasteiger partial charge in [-0.05, 0) is 42.8 Å². The molecule has 1 N–H and O–H groups in total. The van der Waals surface area contributed by atoms with Gasteiger partial charge in [-0.1, -0.05) is 22.5 Å². The molecule has 0 fully saturated rings. The SMILES string of the molecule is C/C(=N/O)c1ccc2nnn(Cc3ccc4ncccc4c3)c2n1. The number of hydrogen-bond donors (Lipinski definition) is 1. The topological polar surface area (TPSA) is 89.1 Å². The number of fused-ring (bicyclic) bond motifs is 2. The van der Waals surface area contributed by atoms with E-state index in [1.807, 2.05) is 30.3 Å². The first-order valence-corrected chi connectivity index (χ1v) is 7.47. The summed E-state index contributed by atoms with van der Waals surface area (Å²) in [6.07, 6.45) is 1.78. The van der Waals surface area contributed by atoms with E-state index in [1.54, 1.807) is 23.9 Å². The molecule has 0 spiro atoms. The Hall–Kier alpha value is -3.35. The molecule has 0 amide bonds. The van der Waals surface area contributed by atoms with Gasteiger partial charge in [0.25, 0.3) is 0 Å². The van der Waals surface area contributed by atoms with E-state index in [2.05, 4.69) is 31.5 Å². The van der Waals surface area contributed by atoms with Gasteiger partial charge in [-0.3, -0.25) is 4.98 Å². The quantitative estimate of drug-likeness (QED) is 0.356. The van der Waals surface area contributed by atoms with Crippen molar-refractivity contribution in [3.05, 3.63) is 59.9 Å². The molecule has 0 aliphatic heterocycles. The second-order valence-electron chi connectivity index (χ2n) is 5.50. The summed E-state index contributed by atoms with van der Waals surface area (Å²) < 4.78 is 1.74. The Balaban J connectivity index is 1.75. The second kappa shape index (κ2) is 5.69. The molecule has 118 valence electrons. The Morgan fingerprint density at radius 1 is 1.17 bits per heavy atom. The molecule has 0 unspecified atom stereocenters. The van der Waals surface area contributed by atoms with Crippen LogP contribution in [-0.4, -0.2) is 35.9 Å². The zero-order valence-corrected chi connectivity index (χ0v) is 13.0. The maximum absolute atomic E-state index is 8.92. The molecule has 24 heavy (non-hydrogen) atoms. The maximum atomic E-state index is 8.92. The van der Waals surface area contributed by atoms with Gasteiger partial charge in [0.1, 0.15) is 11.2 Å². The summed E-state index contributed by atoms with van der Waals surface area (Å²) in [6, 6.07) is 13.6. The minimum absolute atomic E-state index is 0.446. The Bertz CT molecular complexity index is 1070. The summed E-state index contributed by atoms with van der Waals surface area (Å²) >= 11 is 0. The molecule has 0 saturated carbocycles. The van der Waals surface area contributed by atoms with Gasteiger partial charge in [0, 0.05) is 11.6 Å². The lowest BCUT2D eigenvalue weighted by Crippen LogP contribution is -2.05. The zero-order chi connectivity index (χ0) is 16.5. The zero-order valence-electron chi connectivity index (χ0n) is 13.0. The van der Waals surface area contributed by atoms with Gasteiger partial charge < -0.3 is 5.21 Å². The van der Waals surface area contributed by atoms with Crippen molar-refractivity contribution < 1.29 is 5.21 Å². The summed E-state index contributed by atoms with van der Waals surface area (Å²) in [7, 11) is 0. The van der Waals surface area contributed by atoms with Gasteiger partial charge in [0.15, 0.2) is 5.65 Å². The number of rotatable bonds is 3. The van der Waals surface area contributed by atoms with E-state index in [0.29, 0.717) is 29.1 Å². The van der Waals surface area contributed by atoms with Crippen molar-refractivity contribution in [1.29, 1.82) is 0 Å². The standard InChI is InChI=1S/C17H14N6O/c1-11(21-24)14-6-7-16-17(19-14)23(22-20-16)10-12-4-5-15-13(9-12)3-2-8-18-15/h2-9,24H,10H2,1H3/b21-11-. The molecule has 0 radical (unpaired) electrons. The van der Waals surface area contributed by atoms with E-state index in [0.717, 1.165) is 16.5 Å². The molecule has 4 aromatic rings. The highest BCUT2D eigenvalue weighted by atomic mass is 16.4. The molecule has 3 heterocycles. The maximum Gasteiger partial charge on any atom is 0.179 e. The number of benzene rings is 1. The van der Waals surface area contributed by atoms with Crippen LogP contribution in [0.4, 0.5) is 0 Å². The van der Waals surface area contributed by atoms with Gasteiger partial charge in [-0.15, -0.1) is 5.10 Å². The fraction of sp³-hybridized carbons (Fsp3) is 0.118. The molecule has 0 aliphatic rings. The van der Waals surface area contributed by atoms with E-state index in [4.69, 9.17) is 5.21 Å². The van der Waals surface area contributed by atoms with Crippen molar-refractivity contribution in [2.24, 2.45) is 5.16 Å². The molecule has 0 saturated heterocycles. The van der Waals surface area contributed by atoms with Crippen molar-refractivity contribution in [3.8, 4) is 0 Å². The van der Waals surface area contributed by atoms with Crippen molar-refractivity contribution in [2.45, 2.75) is 13.5 Å². The summed E-state index contributed by atoms with van der Waals surface area (Å²) in [5, 5.41) is 21.5. The second-order valence-corrected chi connectivity index (χ2v) is 5.50. The molecule has 0 atom stereocenters. The van der Waals surface area contributed by atoms with Crippen LogP contribution in [-0.2, 0) is 6.54 Å². The van der Waals surface area contributed by atoms with Crippen LogP contribution < -0.4 is 0 Å². The first kappa shape index (κ1) is 14.3. The van der Waals surface area contributed by atoms with Gasteiger partial charge in [-0.2, -0.15) is 0 Å². The van der Waals surface area contributed by atoms with E-state index >= 15 is 0 Å². The van der Waals surface area contributed by atoms with Crippen LogP contribution in [0.5, 0.6) is 0 Å². The summed E-state index contributed by atoms with van der Waals surface area (Å²) in [5.74, 6) is 0. The van der Waals surface area contributed by atoms with Gasteiger partial charge in [-0.25, -0.2) is 9.67 Å². The van der Waals surface area contributed by atoms with Crippen molar-refractivity contribution in [2.75, 3.05) is 0 Å². The molecular formula is C17H14N6O. The lowest BCUT2D eigenvalue weighted by atomic mass is 10.1. The number of oxime groups is 1. The molecule has 0 aliphatic carbocycles. The Morgan fingerprint density at radius 2 is 2.04 bits per heavy atom. The summed E-state index contributed by atoms with van der Waals surface area (Å²) in [5.41, 5.74) is 4.44. The molecular weight excluding hydrogens is 304 g/mol. The highest BCUT2D eigenvalue weighted by molar-refractivity contribution is 5.97. The third kappa shape index (κ3) is 2.45. The number of pyridine rings is 2. The van der Waals surface area contributed by atoms with Crippen LogP contribution in [0.25, 0.3) is 22.1 Å². The Kier molecular flexibility index (Phi) is 3.38. The normalized spacial score (nSPS) is 12.1. The molecule has 1 aromatic carbocycles. The minimum Gasteiger partial charge on any atom is -0.411 e. The van der Waals surface area contributed by atoms with Crippen LogP contribution in [0, 0.1) is 0 Å². The monoisotopic (exact) mass is 318 g/mol. The van der Waals surface area contributed by atoms with Crippen LogP contribution >= 0.6 is 0 Å². The van der Waals surface area contributed by atoms with Crippen LogP contribution in [0.15, 0.2) is 53.8 Å². The lowest BCUT2D eigenvalue weighted by Gasteiger charge is -2.05. The van der Waals surface area contributed by atoms with Crippen molar-refractivity contribution >= 4 is 27.8 Å². The highest BCUT2D eigenvalue weighted by Crippen LogP contribution is 2.16. The average Bonchev–Trinajstić information content (AvgIpc) is 3.03. The van der Waals surface area contributed by atoms with Crippen molar-refractivity contribution in [3.63, 3.8) is 0 Å². The minimum atomic E-state index is 0.446. The van der Waals surface area contributed by atoms with Crippen LogP contribution in [0.2, 0.25) is 0 Å². The highest BCUT2D eigenvalue weighted by Gasteiger charge is 2.10. The van der Waals surface area contributed by atoms with Crippen LogP contribution in [0.1, 0.15) is 18.2 Å². The Morgan fingerprint density at radius 3 is 2.92 bits per heavy atom. The van der Waals surface area contributed by atoms with Gasteiger partial charge >= 0.3 is 0 Å². The smallest absolute Gasteiger partial charge is 0.179 e. The fourth-order valence-corrected chi connectivity index (χ4v) is 2.61. The number of aromatic nitrogens is 5. The first-order valence-electron chi connectivity index (χ1n) is 7.47. The molecule has 0 bridgehead atoms. The third-order valence-electron chi connectivity index (χ3n) is 3.88. The van der Waals surface area contributed by atoms with Crippen LogP contribution in [0.3, 0.4) is 0 Å². The van der Waals surface area contributed by atoms with E-state index in [9.17, 15) is 0 Å². The van der Waals surface area contributed by atoms with E-state index in [-0.39, 0.29) is 0 Å². The van der Waals surface area contributed by atoms with E-state index < -0.39 is 0 Å². The van der Waals surface area contributed by atoms with Crippen molar-refractivity contribution in [1.82, 2.24) is 25.0 Å². The molecule has 4 rings (SSSR count). The third-order valence-corrected chi connectivity index (χ3v) is 3.88. The summed E-state index contributed by atoms with van der Waals surface area (Å²) in [4.78, 5) is 8.82. The van der Waals surface area contributed by atoms with Gasteiger partial charge in [0.05, 0.1) is 17.8 Å². The van der Waals surface area contributed by atoms with E-state index in [1.165, 1.54) is 0 Å². The van der Waals surface area contributed by atoms with Gasteiger partial charge in [0.2, 0.25) is 0 Å². The lowest BCUT2D eigenvalue weighted by molar-refractivity contribution is 0.319. The predicted octanol–water partition coefficient (Wildman–Crippen LogP) is 2.62. The molecule has 7 nitrogen and oxygen atoms in total. The number of nitrogens with zero attached hydrogens (tertiary/aromatic N) is 6. The Labute approximate surface area is 137 Å². The molecule has 7 heteroatoms. The largest absolute Gasteiger partial charge is 0.411 e.